The van der Waals surface area contributed by atoms with Crippen LogP contribution in [0.15, 0.2) is 18.3 Å². The fourth-order valence-electron chi connectivity index (χ4n) is 1.15. The summed E-state index contributed by atoms with van der Waals surface area (Å²) in [4.78, 5) is 4.29. The molecule has 12 heavy (non-hydrogen) atoms. The van der Waals surface area contributed by atoms with Gasteiger partial charge >= 0.3 is 0 Å². The number of pyridine rings is 1. The third-order valence-corrected chi connectivity index (χ3v) is 1.95. The minimum absolute atomic E-state index is 1.14. The van der Waals surface area contributed by atoms with E-state index in [4.69, 9.17) is 0 Å². The topological polar surface area (TPSA) is 12.9 Å². The van der Waals surface area contributed by atoms with E-state index >= 15 is 0 Å². The third kappa shape index (κ3) is 2.65. The molecule has 0 fully saturated rings. The highest BCUT2D eigenvalue weighted by atomic mass is 14.7. The fourth-order valence-corrected chi connectivity index (χ4v) is 1.15. The zero-order valence-corrected chi connectivity index (χ0v) is 7.88. The van der Waals surface area contributed by atoms with Crippen LogP contribution in [0.1, 0.15) is 37.4 Å². The summed E-state index contributed by atoms with van der Waals surface area (Å²) in [5, 5.41) is 0. The largest absolute Gasteiger partial charge is 0.261 e. The van der Waals surface area contributed by atoms with Gasteiger partial charge in [-0.2, -0.15) is 0 Å². The van der Waals surface area contributed by atoms with Crippen LogP contribution in [0.2, 0.25) is 0 Å². The highest BCUT2D eigenvalue weighted by molar-refractivity contribution is 5.23. The number of unbranched alkanes of at least 4 members (excludes halogenated alkanes) is 2. The zero-order valence-electron chi connectivity index (χ0n) is 7.88. The highest BCUT2D eigenvalue weighted by Gasteiger charge is 1.97. The van der Waals surface area contributed by atoms with Gasteiger partial charge in [0.1, 0.15) is 0 Å². The first kappa shape index (κ1) is 9.24. The average Bonchev–Trinajstić information content (AvgIpc) is 2.09. The van der Waals surface area contributed by atoms with E-state index in [0.29, 0.717) is 0 Å². The Morgan fingerprint density at radius 1 is 1.50 bits per heavy atom. The molecule has 1 rings (SSSR count). The van der Waals surface area contributed by atoms with Gasteiger partial charge in [-0.15, -0.1) is 0 Å². The van der Waals surface area contributed by atoms with Crippen molar-refractivity contribution < 1.29 is 0 Å². The predicted octanol–water partition coefficient (Wildman–Crippen LogP) is 3.13. The Morgan fingerprint density at radius 3 is 3.00 bits per heavy atom. The van der Waals surface area contributed by atoms with Crippen LogP contribution in [-0.2, 0) is 0 Å². The maximum absolute atomic E-state index is 4.29. The van der Waals surface area contributed by atoms with Crippen molar-refractivity contribution in [3.05, 3.63) is 36.0 Å². The molecule has 0 aliphatic carbocycles. The highest BCUT2D eigenvalue weighted by Crippen LogP contribution is 2.10. The first-order valence-electron chi connectivity index (χ1n) is 4.59. The molecule has 0 spiro atoms. The summed E-state index contributed by atoms with van der Waals surface area (Å²) in [7, 11) is 0. The lowest BCUT2D eigenvalue weighted by Gasteiger charge is -2.01. The van der Waals surface area contributed by atoms with Crippen molar-refractivity contribution in [1.29, 1.82) is 0 Å². The first-order valence-corrected chi connectivity index (χ1v) is 4.59. The Morgan fingerprint density at radius 2 is 2.33 bits per heavy atom. The summed E-state index contributed by atoms with van der Waals surface area (Å²) in [6, 6.07) is 4.08. The normalized spacial score (nSPS) is 10.2. The second-order valence-electron chi connectivity index (χ2n) is 3.05. The van der Waals surface area contributed by atoms with E-state index in [2.05, 4.69) is 31.3 Å². The molecule has 1 heterocycles. The van der Waals surface area contributed by atoms with Gasteiger partial charge in [0.05, 0.1) is 0 Å². The van der Waals surface area contributed by atoms with Gasteiger partial charge in [-0.1, -0.05) is 25.8 Å². The molecule has 0 saturated heterocycles. The predicted molar refractivity (Wildman–Crippen MR) is 51.9 cm³/mol. The minimum atomic E-state index is 1.14. The summed E-state index contributed by atoms with van der Waals surface area (Å²) < 4.78 is 0. The van der Waals surface area contributed by atoms with Gasteiger partial charge in [0.2, 0.25) is 0 Å². The second-order valence-corrected chi connectivity index (χ2v) is 3.05. The smallest absolute Gasteiger partial charge is 0.0470 e. The Kier molecular flexibility index (Phi) is 3.78. The fraction of sp³-hybridized carbons (Fsp3) is 0.455. The molecule has 1 heteroatoms. The van der Waals surface area contributed by atoms with E-state index in [1.54, 1.807) is 0 Å². The van der Waals surface area contributed by atoms with Gasteiger partial charge in [-0.25, -0.2) is 0 Å². The van der Waals surface area contributed by atoms with Crippen LogP contribution >= 0.6 is 0 Å². The van der Waals surface area contributed by atoms with Gasteiger partial charge in [0.15, 0.2) is 0 Å². The number of aromatic nitrogens is 1. The van der Waals surface area contributed by atoms with E-state index in [1.807, 2.05) is 12.3 Å². The van der Waals surface area contributed by atoms with Crippen LogP contribution in [0.5, 0.6) is 0 Å². The van der Waals surface area contributed by atoms with E-state index in [9.17, 15) is 0 Å². The van der Waals surface area contributed by atoms with Crippen LogP contribution in [0, 0.1) is 13.3 Å². The lowest BCUT2D eigenvalue weighted by atomic mass is 10.1. The number of nitrogens with zero attached hydrogens (tertiary/aromatic N) is 1. The molecule has 1 aromatic rings. The molecule has 0 bridgehead atoms. The number of rotatable bonds is 4. The van der Waals surface area contributed by atoms with Crippen molar-refractivity contribution in [1.82, 2.24) is 4.98 Å². The van der Waals surface area contributed by atoms with Gasteiger partial charge in [0.25, 0.3) is 0 Å². The van der Waals surface area contributed by atoms with Crippen LogP contribution in [0.25, 0.3) is 0 Å². The molecule has 0 saturated carbocycles. The summed E-state index contributed by atoms with van der Waals surface area (Å²) in [5.74, 6) is 0. The molecule has 0 aliphatic rings. The van der Waals surface area contributed by atoms with Crippen LogP contribution in [-0.4, -0.2) is 4.98 Å². The zero-order chi connectivity index (χ0) is 8.81. The van der Waals surface area contributed by atoms with Crippen molar-refractivity contribution in [2.75, 3.05) is 0 Å². The lowest BCUT2D eigenvalue weighted by Crippen LogP contribution is -1.90. The first-order chi connectivity index (χ1) is 5.84. The van der Waals surface area contributed by atoms with Crippen LogP contribution in [0.4, 0.5) is 0 Å². The van der Waals surface area contributed by atoms with Crippen molar-refractivity contribution in [2.45, 2.75) is 33.1 Å². The molecule has 0 unspecified atom stereocenters. The van der Waals surface area contributed by atoms with Crippen LogP contribution in [0.3, 0.4) is 0 Å². The standard InChI is InChI=1S/C11H16N/c1-3-4-5-8-11-10(2)7-6-9-12-11/h6-9H,3-5H2,1-2H3. The number of hydrogen-bond acceptors (Lipinski definition) is 1. The second kappa shape index (κ2) is 4.91. The summed E-state index contributed by atoms with van der Waals surface area (Å²) >= 11 is 0. The SMILES string of the molecule is CCCC[CH]c1ncccc1C. The molecule has 1 radical (unpaired) electrons. The van der Waals surface area contributed by atoms with Crippen molar-refractivity contribution in [2.24, 2.45) is 0 Å². The Hall–Kier alpha value is -0.850. The summed E-state index contributed by atoms with van der Waals surface area (Å²) in [5.41, 5.74) is 2.42. The maximum Gasteiger partial charge on any atom is 0.0470 e. The van der Waals surface area contributed by atoms with E-state index in [0.717, 1.165) is 12.1 Å². The maximum atomic E-state index is 4.29. The van der Waals surface area contributed by atoms with Crippen molar-refractivity contribution in [3.8, 4) is 0 Å². The van der Waals surface area contributed by atoms with Crippen LogP contribution < -0.4 is 0 Å². The third-order valence-electron chi connectivity index (χ3n) is 1.95. The molecule has 65 valence electrons. The Bertz CT molecular complexity index is 230. The Balaban J connectivity index is 2.46. The quantitative estimate of drug-likeness (QED) is 0.620. The molecular formula is C11H16N. The van der Waals surface area contributed by atoms with Gasteiger partial charge in [-0.05, 0) is 25.0 Å². The summed E-state index contributed by atoms with van der Waals surface area (Å²) in [6.45, 7) is 4.31. The number of aryl methyl sites for hydroxylation is 1. The number of hydrogen-bond donors (Lipinski definition) is 0. The lowest BCUT2D eigenvalue weighted by molar-refractivity contribution is 0.784. The Labute approximate surface area is 74.8 Å². The van der Waals surface area contributed by atoms with Gasteiger partial charge in [-0.3, -0.25) is 4.98 Å². The molecule has 1 aromatic heterocycles. The molecule has 1 nitrogen and oxygen atoms in total. The van der Waals surface area contributed by atoms with E-state index < -0.39 is 0 Å². The van der Waals surface area contributed by atoms with Gasteiger partial charge in [0, 0.05) is 18.3 Å². The molecule has 0 atom stereocenters. The molecule has 0 aromatic carbocycles. The molecule has 0 N–H and O–H groups in total. The van der Waals surface area contributed by atoms with E-state index in [1.165, 1.54) is 18.4 Å². The average molecular weight is 162 g/mol. The minimum Gasteiger partial charge on any atom is -0.261 e. The molecule has 0 amide bonds. The van der Waals surface area contributed by atoms with Gasteiger partial charge < -0.3 is 0 Å². The van der Waals surface area contributed by atoms with Crippen molar-refractivity contribution >= 4 is 0 Å². The molecular weight excluding hydrogens is 146 g/mol. The summed E-state index contributed by atoms with van der Waals surface area (Å²) in [6.07, 6.45) is 7.73. The van der Waals surface area contributed by atoms with E-state index in [-0.39, 0.29) is 0 Å². The molecule has 0 aliphatic heterocycles. The monoisotopic (exact) mass is 162 g/mol. The van der Waals surface area contributed by atoms with Crippen molar-refractivity contribution in [3.63, 3.8) is 0 Å².